The second-order valence-electron chi connectivity index (χ2n) is 6.51. The van der Waals surface area contributed by atoms with Crippen molar-refractivity contribution in [1.29, 1.82) is 0 Å². The summed E-state index contributed by atoms with van der Waals surface area (Å²) in [5, 5.41) is 9.73. The fourth-order valence-corrected chi connectivity index (χ4v) is 2.74. The molecule has 0 radical (unpaired) electrons. The summed E-state index contributed by atoms with van der Waals surface area (Å²) in [5.41, 5.74) is 2.88. The van der Waals surface area contributed by atoms with Crippen LogP contribution in [-0.2, 0) is 16.1 Å². The molecular weight excluding hydrogens is 356 g/mol. The van der Waals surface area contributed by atoms with Gasteiger partial charge in [0.2, 0.25) is 11.8 Å². The predicted molar refractivity (Wildman–Crippen MR) is 103 cm³/mol. The molecule has 0 fully saturated rings. The van der Waals surface area contributed by atoms with Crippen LogP contribution in [0, 0.1) is 6.92 Å². The van der Waals surface area contributed by atoms with Gasteiger partial charge >= 0.3 is 0 Å². The maximum absolute atomic E-state index is 12.4. The van der Waals surface area contributed by atoms with Crippen LogP contribution in [0.5, 0.6) is 0 Å². The number of aryl methyl sites for hydroxylation is 1. The van der Waals surface area contributed by atoms with Crippen LogP contribution in [0.1, 0.15) is 36.1 Å². The number of nitrogens with one attached hydrogen (secondary N) is 2. The van der Waals surface area contributed by atoms with E-state index < -0.39 is 0 Å². The summed E-state index contributed by atoms with van der Waals surface area (Å²) in [5.74, 6) is 0.323. The van der Waals surface area contributed by atoms with Crippen LogP contribution in [0.4, 0.5) is 0 Å². The van der Waals surface area contributed by atoms with Crippen LogP contribution in [0.2, 0.25) is 0 Å². The lowest BCUT2D eigenvalue weighted by Crippen LogP contribution is -2.32. The molecule has 0 aliphatic carbocycles. The third kappa shape index (κ3) is 5.23. The molecule has 8 heteroatoms. The fraction of sp³-hybridized carbons (Fsp3) is 0.250. The van der Waals surface area contributed by atoms with E-state index in [1.54, 1.807) is 17.2 Å². The minimum absolute atomic E-state index is 0.153. The lowest BCUT2D eigenvalue weighted by Gasteiger charge is -2.18. The molecule has 1 atom stereocenters. The predicted octanol–water partition coefficient (Wildman–Crippen LogP) is 1.85. The molecule has 2 N–H and O–H groups in total. The van der Waals surface area contributed by atoms with Crippen molar-refractivity contribution >= 4 is 11.8 Å². The van der Waals surface area contributed by atoms with E-state index in [-0.39, 0.29) is 24.3 Å². The first kappa shape index (κ1) is 19.2. The Morgan fingerprint density at radius 1 is 1.14 bits per heavy atom. The number of nitrogens with zero attached hydrogens (tertiary/aromatic N) is 4. The smallest absolute Gasteiger partial charge is 0.222 e. The van der Waals surface area contributed by atoms with Gasteiger partial charge in [-0.15, -0.1) is 0 Å². The van der Waals surface area contributed by atoms with Gasteiger partial charge in [-0.1, -0.05) is 35.9 Å². The van der Waals surface area contributed by atoms with Crippen molar-refractivity contribution in [1.82, 2.24) is 30.4 Å². The van der Waals surface area contributed by atoms with E-state index in [1.807, 2.05) is 43.3 Å². The van der Waals surface area contributed by atoms with E-state index >= 15 is 0 Å². The number of rotatable bonds is 7. The maximum atomic E-state index is 12.4. The summed E-state index contributed by atoms with van der Waals surface area (Å²) >= 11 is 0. The zero-order valence-electron chi connectivity index (χ0n) is 15.8. The molecule has 1 aromatic carbocycles. The highest BCUT2D eigenvalue weighted by atomic mass is 16.2. The highest BCUT2D eigenvalue weighted by Gasteiger charge is 2.17. The van der Waals surface area contributed by atoms with Gasteiger partial charge in [0.15, 0.2) is 5.82 Å². The molecule has 1 unspecified atom stereocenters. The van der Waals surface area contributed by atoms with E-state index in [0.29, 0.717) is 12.4 Å². The number of carbonyl (C=O) groups is 2. The first-order chi connectivity index (χ1) is 13.5. The molecule has 28 heavy (non-hydrogen) atoms. The van der Waals surface area contributed by atoms with Crippen LogP contribution in [0.25, 0.3) is 5.82 Å². The molecule has 3 rings (SSSR count). The molecule has 144 valence electrons. The summed E-state index contributed by atoms with van der Waals surface area (Å²) < 4.78 is 1.56. The molecule has 0 aliphatic rings. The first-order valence-corrected chi connectivity index (χ1v) is 8.91. The van der Waals surface area contributed by atoms with E-state index in [0.717, 1.165) is 16.7 Å². The molecular formula is C20H22N6O2. The number of hydrogen-bond acceptors (Lipinski definition) is 5. The Hall–Kier alpha value is -3.55. The number of amides is 2. The monoisotopic (exact) mass is 378 g/mol. The Bertz CT molecular complexity index is 920. The standard InChI is InChI=1S/C20H22N6O2/c1-14-3-6-17(7-4-14)18(25-15(2)27)9-20(28)23-11-16-5-8-19(22-10-16)26-13-21-12-24-26/h3-8,10,12-13,18H,9,11H2,1-2H3,(H,23,28)(H,25,27). The van der Waals surface area contributed by atoms with E-state index in [1.165, 1.54) is 13.3 Å². The zero-order valence-corrected chi connectivity index (χ0v) is 15.8. The molecule has 0 saturated carbocycles. The molecule has 3 aromatic rings. The van der Waals surface area contributed by atoms with Crippen molar-refractivity contribution in [3.05, 3.63) is 71.9 Å². The largest absolute Gasteiger partial charge is 0.352 e. The topological polar surface area (TPSA) is 102 Å². The van der Waals surface area contributed by atoms with Crippen molar-refractivity contribution in [3.8, 4) is 5.82 Å². The van der Waals surface area contributed by atoms with Crippen molar-refractivity contribution in [2.75, 3.05) is 0 Å². The quantitative estimate of drug-likeness (QED) is 0.653. The molecule has 2 amide bonds. The number of aromatic nitrogens is 4. The second kappa shape index (κ2) is 8.90. The molecule has 2 aromatic heterocycles. The van der Waals surface area contributed by atoms with Crippen LogP contribution in [0.15, 0.2) is 55.2 Å². The summed E-state index contributed by atoms with van der Waals surface area (Å²) in [6.07, 6.45) is 4.85. The van der Waals surface area contributed by atoms with Gasteiger partial charge in [0.25, 0.3) is 0 Å². The zero-order chi connectivity index (χ0) is 19.9. The van der Waals surface area contributed by atoms with Crippen molar-refractivity contribution in [2.24, 2.45) is 0 Å². The van der Waals surface area contributed by atoms with Gasteiger partial charge < -0.3 is 10.6 Å². The lowest BCUT2D eigenvalue weighted by molar-refractivity contribution is -0.122. The van der Waals surface area contributed by atoms with Crippen LogP contribution < -0.4 is 10.6 Å². The average Bonchev–Trinajstić information content (AvgIpc) is 3.21. The molecule has 2 heterocycles. The average molecular weight is 378 g/mol. The van der Waals surface area contributed by atoms with Crippen LogP contribution in [-0.4, -0.2) is 31.6 Å². The SMILES string of the molecule is CC(=O)NC(CC(=O)NCc1ccc(-n2cncn2)nc1)c1ccc(C)cc1. The molecule has 0 aliphatic heterocycles. The van der Waals surface area contributed by atoms with Gasteiger partial charge in [0.05, 0.1) is 12.5 Å². The van der Waals surface area contributed by atoms with Crippen molar-refractivity contribution in [2.45, 2.75) is 32.9 Å². The summed E-state index contributed by atoms with van der Waals surface area (Å²) in [7, 11) is 0. The molecule has 8 nitrogen and oxygen atoms in total. The Labute approximate surface area is 163 Å². The highest BCUT2D eigenvalue weighted by molar-refractivity contribution is 5.79. The third-order valence-electron chi connectivity index (χ3n) is 4.20. The van der Waals surface area contributed by atoms with Gasteiger partial charge in [-0.05, 0) is 24.1 Å². The lowest BCUT2D eigenvalue weighted by atomic mass is 10.0. The van der Waals surface area contributed by atoms with Gasteiger partial charge in [-0.2, -0.15) is 5.10 Å². The minimum atomic E-state index is -0.370. The second-order valence-corrected chi connectivity index (χ2v) is 6.51. The van der Waals surface area contributed by atoms with Crippen molar-refractivity contribution < 1.29 is 9.59 Å². The fourth-order valence-electron chi connectivity index (χ4n) is 2.74. The van der Waals surface area contributed by atoms with Crippen molar-refractivity contribution in [3.63, 3.8) is 0 Å². The Morgan fingerprint density at radius 3 is 2.54 bits per heavy atom. The summed E-state index contributed by atoms with van der Waals surface area (Å²) in [6.45, 7) is 3.79. The van der Waals surface area contributed by atoms with Crippen LogP contribution in [0.3, 0.4) is 0 Å². The normalized spacial score (nSPS) is 11.6. The number of pyridine rings is 1. The molecule has 0 spiro atoms. The number of benzene rings is 1. The van der Waals surface area contributed by atoms with Gasteiger partial charge in [0, 0.05) is 19.7 Å². The number of carbonyl (C=O) groups excluding carboxylic acids is 2. The van der Waals surface area contributed by atoms with E-state index in [4.69, 9.17) is 0 Å². The molecule has 0 bridgehead atoms. The maximum Gasteiger partial charge on any atom is 0.222 e. The third-order valence-corrected chi connectivity index (χ3v) is 4.20. The summed E-state index contributed by atoms with van der Waals surface area (Å²) in [6, 6.07) is 11.1. The first-order valence-electron chi connectivity index (χ1n) is 8.91. The van der Waals surface area contributed by atoms with Crippen LogP contribution >= 0.6 is 0 Å². The highest BCUT2D eigenvalue weighted by Crippen LogP contribution is 2.17. The van der Waals surface area contributed by atoms with Gasteiger partial charge in [-0.3, -0.25) is 9.59 Å². The minimum Gasteiger partial charge on any atom is -0.352 e. The Kier molecular flexibility index (Phi) is 6.11. The summed E-state index contributed by atoms with van der Waals surface area (Å²) in [4.78, 5) is 32.1. The molecule has 0 saturated heterocycles. The Morgan fingerprint density at radius 2 is 1.93 bits per heavy atom. The van der Waals surface area contributed by atoms with Gasteiger partial charge in [0.1, 0.15) is 12.7 Å². The Balaban J connectivity index is 1.58. The van der Waals surface area contributed by atoms with Gasteiger partial charge in [-0.25, -0.2) is 14.6 Å². The van der Waals surface area contributed by atoms with E-state index in [9.17, 15) is 9.59 Å². The van der Waals surface area contributed by atoms with E-state index in [2.05, 4.69) is 25.7 Å². The number of hydrogen-bond donors (Lipinski definition) is 2.